The number of sulfonamides is 1. The van der Waals surface area contributed by atoms with Gasteiger partial charge in [0.15, 0.2) is 0 Å². The molecule has 1 aliphatic heterocycles. The number of benzene rings is 1. The first-order chi connectivity index (χ1) is 12.9. The fraction of sp³-hybridized carbons (Fsp3) is 0.650. The van der Waals surface area contributed by atoms with Gasteiger partial charge in [0, 0.05) is 26.2 Å². The zero-order chi connectivity index (χ0) is 19.4. The van der Waals surface area contributed by atoms with Crippen molar-refractivity contribution in [2.24, 2.45) is 5.92 Å². The molecule has 3 rings (SSSR count). The molecular formula is C20H31N3O3S. The second-order valence-electron chi connectivity index (χ2n) is 7.74. The molecular weight excluding hydrogens is 362 g/mol. The molecule has 0 bridgehead atoms. The number of piperazine rings is 1. The molecule has 1 aromatic rings. The van der Waals surface area contributed by atoms with Gasteiger partial charge in [0.25, 0.3) is 0 Å². The van der Waals surface area contributed by atoms with Crippen LogP contribution in [0.3, 0.4) is 0 Å². The first kappa shape index (κ1) is 20.3. The number of rotatable bonds is 8. The van der Waals surface area contributed by atoms with Gasteiger partial charge >= 0.3 is 0 Å². The standard InChI is InChI=1S/C20H31N3O3S/c1-3-16(2)18-6-8-19(9-7-18)27(25,26)23-12-10-22(11-13-23)20(24)15-21-14-17-4-5-17/h6-9,16-17,21H,3-5,10-15H2,1-2H3. The summed E-state index contributed by atoms with van der Waals surface area (Å²) in [6.45, 7) is 7.12. The highest BCUT2D eigenvalue weighted by Gasteiger charge is 2.30. The molecule has 1 unspecified atom stereocenters. The highest BCUT2D eigenvalue weighted by molar-refractivity contribution is 7.89. The summed E-state index contributed by atoms with van der Waals surface area (Å²) in [7, 11) is -3.50. The minimum absolute atomic E-state index is 0.0607. The Morgan fingerprint density at radius 2 is 1.78 bits per heavy atom. The van der Waals surface area contributed by atoms with Gasteiger partial charge in [0.1, 0.15) is 0 Å². The Morgan fingerprint density at radius 1 is 1.15 bits per heavy atom. The van der Waals surface area contributed by atoms with Crippen molar-refractivity contribution in [1.82, 2.24) is 14.5 Å². The van der Waals surface area contributed by atoms with Crippen molar-refractivity contribution in [1.29, 1.82) is 0 Å². The van der Waals surface area contributed by atoms with E-state index in [0.717, 1.165) is 24.4 Å². The van der Waals surface area contributed by atoms with Crippen LogP contribution in [0.1, 0.15) is 44.6 Å². The topological polar surface area (TPSA) is 69.7 Å². The van der Waals surface area contributed by atoms with Crippen LogP contribution in [0.2, 0.25) is 0 Å². The Hall–Kier alpha value is -1.44. The lowest BCUT2D eigenvalue weighted by Gasteiger charge is -2.34. The van der Waals surface area contributed by atoms with Gasteiger partial charge in [-0.2, -0.15) is 4.31 Å². The maximum Gasteiger partial charge on any atom is 0.243 e. The van der Waals surface area contributed by atoms with Crippen LogP contribution < -0.4 is 5.32 Å². The van der Waals surface area contributed by atoms with E-state index in [2.05, 4.69) is 19.2 Å². The summed E-state index contributed by atoms with van der Waals surface area (Å²) in [6.07, 6.45) is 3.55. The fourth-order valence-corrected chi connectivity index (χ4v) is 4.77. The van der Waals surface area contributed by atoms with Crippen LogP contribution in [0.15, 0.2) is 29.2 Å². The summed E-state index contributed by atoms with van der Waals surface area (Å²) < 4.78 is 27.2. The number of nitrogens with one attached hydrogen (secondary N) is 1. The maximum atomic E-state index is 12.9. The fourth-order valence-electron chi connectivity index (χ4n) is 3.35. The Balaban J connectivity index is 1.53. The molecule has 1 atom stereocenters. The highest BCUT2D eigenvalue weighted by atomic mass is 32.2. The third-order valence-electron chi connectivity index (χ3n) is 5.70. The number of hydrogen-bond acceptors (Lipinski definition) is 4. The number of carbonyl (C=O) groups excluding carboxylic acids is 1. The molecule has 1 aliphatic carbocycles. The number of carbonyl (C=O) groups is 1. The van der Waals surface area contributed by atoms with Crippen molar-refractivity contribution in [3.05, 3.63) is 29.8 Å². The van der Waals surface area contributed by atoms with E-state index in [4.69, 9.17) is 0 Å². The van der Waals surface area contributed by atoms with E-state index in [1.165, 1.54) is 17.1 Å². The van der Waals surface area contributed by atoms with E-state index in [-0.39, 0.29) is 5.91 Å². The summed E-state index contributed by atoms with van der Waals surface area (Å²) >= 11 is 0. The van der Waals surface area contributed by atoms with Gasteiger partial charge in [0.2, 0.25) is 15.9 Å². The highest BCUT2D eigenvalue weighted by Crippen LogP contribution is 2.27. The lowest BCUT2D eigenvalue weighted by Crippen LogP contribution is -2.52. The summed E-state index contributed by atoms with van der Waals surface area (Å²) in [6, 6.07) is 7.23. The minimum Gasteiger partial charge on any atom is -0.339 e. The summed E-state index contributed by atoms with van der Waals surface area (Å²) in [5, 5.41) is 3.21. The monoisotopic (exact) mass is 393 g/mol. The van der Waals surface area contributed by atoms with Crippen LogP contribution in [0, 0.1) is 5.92 Å². The lowest BCUT2D eigenvalue weighted by atomic mass is 9.99. The maximum absolute atomic E-state index is 12.9. The largest absolute Gasteiger partial charge is 0.339 e. The third-order valence-corrected chi connectivity index (χ3v) is 7.61. The quantitative estimate of drug-likeness (QED) is 0.734. The summed E-state index contributed by atoms with van der Waals surface area (Å²) in [5.41, 5.74) is 1.16. The van der Waals surface area contributed by atoms with E-state index < -0.39 is 10.0 Å². The Labute approximate surface area is 163 Å². The number of hydrogen-bond donors (Lipinski definition) is 1. The van der Waals surface area contributed by atoms with Gasteiger partial charge in [-0.15, -0.1) is 0 Å². The second-order valence-corrected chi connectivity index (χ2v) is 9.68. The molecule has 1 aromatic carbocycles. The molecule has 1 amide bonds. The molecule has 0 aromatic heterocycles. The second kappa shape index (κ2) is 8.71. The van der Waals surface area contributed by atoms with E-state index in [1.54, 1.807) is 17.0 Å². The van der Waals surface area contributed by atoms with Crippen LogP contribution >= 0.6 is 0 Å². The SMILES string of the molecule is CCC(C)c1ccc(S(=O)(=O)N2CCN(C(=O)CNCC3CC3)CC2)cc1. The van der Waals surface area contributed by atoms with Crippen LogP contribution in [0.25, 0.3) is 0 Å². The van der Waals surface area contributed by atoms with E-state index in [9.17, 15) is 13.2 Å². The molecule has 2 aliphatic rings. The van der Waals surface area contributed by atoms with Crippen LogP contribution in [-0.2, 0) is 14.8 Å². The van der Waals surface area contributed by atoms with Gasteiger partial charge in [-0.3, -0.25) is 4.79 Å². The molecule has 6 nitrogen and oxygen atoms in total. The normalized spacial score (nSPS) is 19.9. The van der Waals surface area contributed by atoms with Crippen molar-refractivity contribution in [2.75, 3.05) is 39.3 Å². The Morgan fingerprint density at radius 3 is 2.33 bits per heavy atom. The molecule has 1 saturated heterocycles. The van der Waals surface area contributed by atoms with Crippen LogP contribution in [-0.4, -0.2) is 62.8 Å². The molecule has 2 fully saturated rings. The molecule has 1 heterocycles. The predicted molar refractivity (Wildman–Crippen MR) is 106 cm³/mol. The van der Waals surface area contributed by atoms with Crippen molar-refractivity contribution < 1.29 is 13.2 Å². The van der Waals surface area contributed by atoms with Crippen molar-refractivity contribution in [2.45, 2.75) is 43.9 Å². The molecule has 1 saturated carbocycles. The van der Waals surface area contributed by atoms with Gasteiger partial charge in [-0.05, 0) is 55.3 Å². The van der Waals surface area contributed by atoms with Gasteiger partial charge in [-0.25, -0.2) is 8.42 Å². The number of nitrogens with zero attached hydrogens (tertiary/aromatic N) is 2. The minimum atomic E-state index is -3.50. The zero-order valence-corrected chi connectivity index (χ0v) is 17.2. The van der Waals surface area contributed by atoms with E-state index in [0.29, 0.717) is 43.5 Å². The smallest absolute Gasteiger partial charge is 0.243 e. The third kappa shape index (κ3) is 5.09. The van der Waals surface area contributed by atoms with Gasteiger partial charge < -0.3 is 10.2 Å². The summed E-state index contributed by atoms with van der Waals surface area (Å²) in [4.78, 5) is 14.3. The van der Waals surface area contributed by atoms with Gasteiger partial charge in [0.05, 0.1) is 11.4 Å². The van der Waals surface area contributed by atoms with Crippen LogP contribution in [0.4, 0.5) is 0 Å². The lowest BCUT2D eigenvalue weighted by molar-refractivity contribution is -0.131. The molecule has 1 N–H and O–H groups in total. The predicted octanol–water partition coefficient (Wildman–Crippen LogP) is 2.03. The average molecular weight is 394 g/mol. The molecule has 0 radical (unpaired) electrons. The van der Waals surface area contributed by atoms with Crippen molar-refractivity contribution in [3.63, 3.8) is 0 Å². The number of amides is 1. The first-order valence-corrected chi connectivity index (χ1v) is 11.4. The van der Waals surface area contributed by atoms with Crippen molar-refractivity contribution >= 4 is 15.9 Å². The molecule has 7 heteroatoms. The first-order valence-electron chi connectivity index (χ1n) is 10.0. The van der Waals surface area contributed by atoms with E-state index in [1.807, 2.05) is 12.1 Å². The molecule has 27 heavy (non-hydrogen) atoms. The van der Waals surface area contributed by atoms with Crippen LogP contribution in [0.5, 0.6) is 0 Å². The summed E-state index contributed by atoms with van der Waals surface area (Å²) in [5.74, 6) is 1.22. The Bertz CT molecular complexity index is 736. The van der Waals surface area contributed by atoms with E-state index >= 15 is 0 Å². The Kier molecular flexibility index (Phi) is 6.55. The average Bonchev–Trinajstić information content (AvgIpc) is 3.52. The van der Waals surface area contributed by atoms with Gasteiger partial charge in [-0.1, -0.05) is 26.0 Å². The van der Waals surface area contributed by atoms with Crippen molar-refractivity contribution in [3.8, 4) is 0 Å². The molecule has 0 spiro atoms. The zero-order valence-electron chi connectivity index (χ0n) is 16.4. The molecule has 150 valence electrons.